The van der Waals surface area contributed by atoms with Crippen molar-refractivity contribution in [3.8, 4) is 5.75 Å². The van der Waals surface area contributed by atoms with Crippen molar-refractivity contribution in [2.75, 3.05) is 6.54 Å². The van der Waals surface area contributed by atoms with Crippen LogP contribution in [0.4, 0.5) is 0 Å². The fourth-order valence-corrected chi connectivity index (χ4v) is 1.30. The molecule has 0 bridgehead atoms. The number of phenols is 1. The summed E-state index contributed by atoms with van der Waals surface area (Å²) in [4.78, 5) is 11.4. The lowest BCUT2D eigenvalue weighted by Gasteiger charge is -2.04. The third-order valence-electron chi connectivity index (χ3n) is 2.34. The zero-order chi connectivity index (χ0) is 12.7. The molecule has 0 aliphatic heterocycles. The Hall–Kier alpha value is -1.77. The van der Waals surface area contributed by atoms with Crippen molar-refractivity contribution in [1.82, 2.24) is 5.32 Å². The van der Waals surface area contributed by atoms with Gasteiger partial charge in [-0.2, -0.15) is 0 Å². The molecule has 0 aromatic heterocycles. The van der Waals surface area contributed by atoms with Crippen molar-refractivity contribution in [2.45, 2.75) is 20.3 Å². The third kappa shape index (κ3) is 5.76. The number of phenolic OH excluding ortho intramolecular Hbond substituents is 1. The third-order valence-corrected chi connectivity index (χ3v) is 2.34. The SMILES string of the molecule is CC(C)CCNC(=O)/C=C/c1ccc(O)cc1. The molecule has 0 saturated carbocycles. The number of aromatic hydroxyl groups is 1. The first-order valence-corrected chi connectivity index (χ1v) is 5.83. The normalized spacial score (nSPS) is 11.0. The molecule has 0 radical (unpaired) electrons. The molecule has 1 aromatic rings. The van der Waals surface area contributed by atoms with Crippen LogP contribution >= 0.6 is 0 Å². The molecule has 0 unspecified atom stereocenters. The average molecular weight is 233 g/mol. The van der Waals surface area contributed by atoms with Crippen molar-refractivity contribution in [2.24, 2.45) is 5.92 Å². The van der Waals surface area contributed by atoms with E-state index in [9.17, 15) is 4.79 Å². The minimum atomic E-state index is -0.0845. The Kier molecular flexibility index (Phi) is 5.27. The van der Waals surface area contributed by atoms with E-state index < -0.39 is 0 Å². The highest BCUT2D eigenvalue weighted by molar-refractivity contribution is 5.91. The standard InChI is InChI=1S/C14H19NO2/c1-11(2)9-10-15-14(17)8-5-12-3-6-13(16)7-4-12/h3-8,11,16H,9-10H2,1-2H3,(H,15,17)/b8-5+. The quantitative estimate of drug-likeness (QED) is 0.768. The van der Waals surface area contributed by atoms with Gasteiger partial charge in [0.15, 0.2) is 0 Å². The maximum Gasteiger partial charge on any atom is 0.243 e. The minimum absolute atomic E-state index is 0.0845. The van der Waals surface area contributed by atoms with Crippen LogP contribution in [0.3, 0.4) is 0 Å². The molecule has 1 aromatic carbocycles. The molecule has 0 spiro atoms. The summed E-state index contributed by atoms with van der Waals surface area (Å²) in [7, 11) is 0. The molecule has 2 N–H and O–H groups in total. The van der Waals surface area contributed by atoms with Crippen LogP contribution in [-0.2, 0) is 4.79 Å². The molecule has 0 fully saturated rings. The number of rotatable bonds is 5. The zero-order valence-electron chi connectivity index (χ0n) is 10.3. The van der Waals surface area contributed by atoms with Crippen molar-refractivity contribution in [3.63, 3.8) is 0 Å². The Morgan fingerprint density at radius 1 is 1.35 bits per heavy atom. The minimum Gasteiger partial charge on any atom is -0.508 e. The van der Waals surface area contributed by atoms with Gasteiger partial charge in [0.05, 0.1) is 0 Å². The highest BCUT2D eigenvalue weighted by Crippen LogP contribution is 2.10. The van der Waals surface area contributed by atoms with Gasteiger partial charge in [-0.15, -0.1) is 0 Å². The number of carbonyl (C=O) groups is 1. The van der Waals surface area contributed by atoms with E-state index in [1.54, 1.807) is 30.3 Å². The molecule has 1 rings (SSSR count). The highest BCUT2D eigenvalue weighted by Gasteiger charge is 1.97. The van der Waals surface area contributed by atoms with Gasteiger partial charge >= 0.3 is 0 Å². The summed E-state index contributed by atoms with van der Waals surface area (Å²) in [6.45, 7) is 4.95. The second kappa shape index (κ2) is 6.74. The molecular formula is C14H19NO2. The first-order valence-electron chi connectivity index (χ1n) is 5.83. The second-order valence-corrected chi connectivity index (χ2v) is 4.40. The number of benzene rings is 1. The number of amides is 1. The van der Waals surface area contributed by atoms with E-state index in [1.807, 2.05) is 0 Å². The maximum absolute atomic E-state index is 11.4. The summed E-state index contributed by atoms with van der Waals surface area (Å²) in [5, 5.41) is 11.9. The van der Waals surface area contributed by atoms with Crippen LogP contribution in [0.15, 0.2) is 30.3 Å². The van der Waals surface area contributed by atoms with Crippen LogP contribution in [0.25, 0.3) is 6.08 Å². The summed E-state index contributed by atoms with van der Waals surface area (Å²) in [6, 6.07) is 6.70. The van der Waals surface area contributed by atoms with Gasteiger partial charge in [-0.3, -0.25) is 4.79 Å². The molecule has 0 heterocycles. The molecule has 0 saturated heterocycles. The Bertz CT molecular complexity index is 380. The largest absolute Gasteiger partial charge is 0.508 e. The molecule has 3 heteroatoms. The average Bonchev–Trinajstić information content (AvgIpc) is 2.28. The van der Waals surface area contributed by atoms with Crippen LogP contribution in [-0.4, -0.2) is 17.6 Å². The van der Waals surface area contributed by atoms with Crippen LogP contribution in [0.5, 0.6) is 5.75 Å². The number of carbonyl (C=O) groups excluding carboxylic acids is 1. The van der Waals surface area contributed by atoms with Gasteiger partial charge < -0.3 is 10.4 Å². The molecule has 0 aliphatic rings. The summed E-state index contributed by atoms with van der Waals surface area (Å²) in [6.07, 6.45) is 4.22. The lowest BCUT2D eigenvalue weighted by molar-refractivity contribution is -0.116. The maximum atomic E-state index is 11.4. The van der Waals surface area contributed by atoms with Gasteiger partial charge in [0, 0.05) is 12.6 Å². The number of nitrogens with one attached hydrogen (secondary N) is 1. The lowest BCUT2D eigenvalue weighted by Crippen LogP contribution is -2.23. The van der Waals surface area contributed by atoms with Gasteiger partial charge in [-0.25, -0.2) is 0 Å². The molecule has 17 heavy (non-hydrogen) atoms. The molecule has 92 valence electrons. The molecular weight excluding hydrogens is 214 g/mol. The zero-order valence-corrected chi connectivity index (χ0v) is 10.3. The van der Waals surface area contributed by atoms with Gasteiger partial charge in [0.25, 0.3) is 0 Å². The van der Waals surface area contributed by atoms with E-state index >= 15 is 0 Å². The van der Waals surface area contributed by atoms with E-state index in [0.717, 1.165) is 12.0 Å². The summed E-state index contributed by atoms with van der Waals surface area (Å²) < 4.78 is 0. The van der Waals surface area contributed by atoms with E-state index in [2.05, 4.69) is 19.2 Å². The van der Waals surface area contributed by atoms with Crippen molar-refractivity contribution >= 4 is 12.0 Å². The monoisotopic (exact) mass is 233 g/mol. The number of hydrogen-bond acceptors (Lipinski definition) is 2. The van der Waals surface area contributed by atoms with Gasteiger partial charge in [-0.1, -0.05) is 26.0 Å². The summed E-state index contributed by atoms with van der Waals surface area (Å²) in [5.74, 6) is 0.735. The van der Waals surface area contributed by atoms with Crippen LogP contribution in [0, 0.1) is 5.92 Å². The van der Waals surface area contributed by atoms with E-state index in [4.69, 9.17) is 5.11 Å². The number of hydrogen-bond donors (Lipinski definition) is 2. The summed E-state index contributed by atoms with van der Waals surface area (Å²) >= 11 is 0. The van der Waals surface area contributed by atoms with E-state index in [0.29, 0.717) is 12.5 Å². The van der Waals surface area contributed by atoms with Crippen molar-refractivity contribution < 1.29 is 9.90 Å². The fourth-order valence-electron chi connectivity index (χ4n) is 1.30. The van der Waals surface area contributed by atoms with Gasteiger partial charge in [0.2, 0.25) is 5.91 Å². The highest BCUT2D eigenvalue weighted by atomic mass is 16.3. The molecule has 3 nitrogen and oxygen atoms in total. The first-order chi connectivity index (χ1) is 8.08. The molecule has 1 amide bonds. The first kappa shape index (κ1) is 13.3. The van der Waals surface area contributed by atoms with Crippen molar-refractivity contribution in [3.05, 3.63) is 35.9 Å². The Morgan fingerprint density at radius 2 is 2.00 bits per heavy atom. The molecule has 0 aliphatic carbocycles. The van der Waals surface area contributed by atoms with Crippen LogP contribution < -0.4 is 5.32 Å². The van der Waals surface area contributed by atoms with Gasteiger partial charge in [0.1, 0.15) is 5.75 Å². The van der Waals surface area contributed by atoms with E-state index in [-0.39, 0.29) is 11.7 Å². The Morgan fingerprint density at radius 3 is 2.59 bits per heavy atom. The smallest absolute Gasteiger partial charge is 0.243 e. The predicted octanol–water partition coefficient (Wildman–Crippen LogP) is 2.57. The van der Waals surface area contributed by atoms with E-state index in [1.165, 1.54) is 6.08 Å². The van der Waals surface area contributed by atoms with Crippen molar-refractivity contribution in [1.29, 1.82) is 0 Å². The Labute approximate surface area is 102 Å². The van der Waals surface area contributed by atoms with Gasteiger partial charge in [-0.05, 0) is 36.1 Å². The second-order valence-electron chi connectivity index (χ2n) is 4.40. The topological polar surface area (TPSA) is 49.3 Å². The Balaban J connectivity index is 2.37. The fraction of sp³-hybridized carbons (Fsp3) is 0.357. The lowest BCUT2D eigenvalue weighted by atomic mass is 10.1. The van der Waals surface area contributed by atoms with Crippen LogP contribution in [0.1, 0.15) is 25.8 Å². The summed E-state index contributed by atoms with van der Waals surface area (Å²) in [5.41, 5.74) is 0.891. The predicted molar refractivity (Wildman–Crippen MR) is 69.6 cm³/mol. The molecule has 0 atom stereocenters. The van der Waals surface area contributed by atoms with Crippen LogP contribution in [0.2, 0.25) is 0 Å².